The summed E-state index contributed by atoms with van der Waals surface area (Å²) in [4.78, 5) is 24.9. The molecule has 0 aliphatic rings. The van der Waals surface area contributed by atoms with E-state index in [9.17, 15) is 4.79 Å². The zero-order valence-electron chi connectivity index (χ0n) is 14.9. The molecule has 0 spiro atoms. The molecular weight excluding hydrogens is 350 g/mol. The number of amides is 1. The predicted octanol–water partition coefficient (Wildman–Crippen LogP) is 4.53. The number of rotatable bonds is 5. The summed E-state index contributed by atoms with van der Waals surface area (Å²) in [6.07, 6.45) is 6.55. The lowest BCUT2D eigenvalue weighted by atomic mass is 10.1. The van der Waals surface area contributed by atoms with Gasteiger partial charge in [-0.25, -0.2) is 9.97 Å². The van der Waals surface area contributed by atoms with Gasteiger partial charge in [-0.3, -0.25) is 9.78 Å². The predicted molar refractivity (Wildman–Crippen MR) is 109 cm³/mol. The third-order valence-electron chi connectivity index (χ3n) is 4.06. The lowest BCUT2D eigenvalue weighted by Gasteiger charge is -2.09. The van der Waals surface area contributed by atoms with E-state index in [4.69, 9.17) is 0 Å². The minimum absolute atomic E-state index is 0.251. The average Bonchev–Trinajstić information content (AvgIpc) is 2.75. The van der Waals surface area contributed by atoms with Gasteiger partial charge in [0.05, 0.1) is 5.56 Å². The van der Waals surface area contributed by atoms with Gasteiger partial charge in [0.1, 0.15) is 11.6 Å². The Morgan fingerprint density at radius 2 is 1.46 bits per heavy atom. The summed E-state index contributed by atoms with van der Waals surface area (Å²) in [5.41, 5.74) is 3.34. The maximum atomic E-state index is 12.3. The molecule has 4 rings (SSSR count). The number of anilines is 3. The van der Waals surface area contributed by atoms with Crippen LogP contribution in [0.5, 0.6) is 0 Å². The maximum absolute atomic E-state index is 12.3. The fourth-order valence-electron chi connectivity index (χ4n) is 2.71. The number of carbonyl (C=O) groups is 1. The first-order chi connectivity index (χ1) is 13.8. The second-order valence-corrected chi connectivity index (χ2v) is 6.05. The summed E-state index contributed by atoms with van der Waals surface area (Å²) in [7, 11) is 0. The van der Waals surface area contributed by atoms with Gasteiger partial charge < -0.3 is 10.6 Å². The van der Waals surface area contributed by atoms with Crippen molar-refractivity contribution < 1.29 is 4.79 Å². The summed E-state index contributed by atoms with van der Waals surface area (Å²) in [5.74, 6) is 0.959. The molecule has 0 saturated heterocycles. The number of nitrogens with zero attached hydrogens (tertiary/aromatic N) is 3. The van der Waals surface area contributed by atoms with Crippen LogP contribution in [0.15, 0.2) is 91.5 Å². The topological polar surface area (TPSA) is 79.8 Å². The van der Waals surface area contributed by atoms with Crippen LogP contribution in [0.25, 0.3) is 11.1 Å². The molecule has 4 aromatic rings. The molecule has 0 aliphatic heterocycles. The number of benzene rings is 1. The van der Waals surface area contributed by atoms with Crippen molar-refractivity contribution >= 4 is 23.2 Å². The van der Waals surface area contributed by atoms with E-state index in [0.717, 1.165) is 22.6 Å². The van der Waals surface area contributed by atoms with Crippen molar-refractivity contribution in [1.82, 2.24) is 15.0 Å². The second kappa shape index (κ2) is 8.09. The molecule has 1 aromatic carbocycles. The zero-order valence-corrected chi connectivity index (χ0v) is 14.9. The molecule has 0 fully saturated rings. The van der Waals surface area contributed by atoms with E-state index in [1.54, 1.807) is 30.7 Å². The van der Waals surface area contributed by atoms with E-state index in [0.29, 0.717) is 11.4 Å². The van der Waals surface area contributed by atoms with E-state index in [1.807, 2.05) is 54.6 Å². The Morgan fingerprint density at radius 3 is 2.18 bits per heavy atom. The molecule has 0 bridgehead atoms. The van der Waals surface area contributed by atoms with E-state index in [1.165, 1.54) is 6.20 Å². The minimum Gasteiger partial charge on any atom is -0.340 e. The molecule has 0 aliphatic carbocycles. The van der Waals surface area contributed by atoms with Gasteiger partial charge in [0, 0.05) is 30.5 Å². The van der Waals surface area contributed by atoms with Crippen LogP contribution in [-0.2, 0) is 0 Å². The molecule has 2 N–H and O–H groups in total. The molecule has 1 amide bonds. The van der Waals surface area contributed by atoms with Crippen molar-refractivity contribution in [3.05, 3.63) is 97.1 Å². The lowest BCUT2D eigenvalue weighted by Crippen LogP contribution is -2.13. The molecule has 0 radical (unpaired) electrons. The third kappa shape index (κ3) is 4.19. The van der Waals surface area contributed by atoms with E-state index >= 15 is 0 Å². The smallest absolute Gasteiger partial charge is 0.258 e. The second-order valence-electron chi connectivity index (χ2n) is 6.05. The van der Waals surface area contributed by atoms with Gasteiger partial charge in [0.25, 0.3) is 5.91 Å². The highest BCUT2D eigenvalue weighted by Gasteiger charge is 2.08. The zero-order chi connectivity index (χ0) is 19.2. The average molecular weight is 367 g/mol. The highest BCUT2D eigenvalue weighted by atomic mass is 16.1. The molecule has 28 heavy (non-hydrogen) atoms. The van der Waals surface area contributed by atoms with Crippen molar-refractivity contribution in [2.45, 2.75) is 0 Å². The minimum atomic E-state index is -0.251. The number of pyridine rings is 3. The maximum Gasteiger partial charge on any atom is 0.258 e. The molecule has 136 valence electrons. The van der Waals surface area contributed by atoms with Gasteiger partial charge in [-0.1, -0.05) is 18.2 Å². The van der Waals surface area contributed by atoms with Crippen molar-refractivity contribution in [2.75, 3.05) is 10.6 Å². The van der Waals surface area contributed by atoms with Gasteiger partial charge in [-0.05, 0) is 59.7 Å². The Labute approximate surface area is 162 Å². The monoisotopic (exact) mass is 367 g/mol. The molecule has 0 unspecified atom stereocenters. The van der Waals surface area contributed by atoms with Gasteiger partial charge in [0.2, 0.25) is 0 Å². The SMILES string of the molecule is O=C(Nc1cc(-c2ccnc(Nc3ccccc3)c2)ccn1)c1cccnc1. The number of carbonyl (C=O) groups excluding carboxylic acids is 1. The summed E-state index contributed by atoms with van der Waals surface area (Å²) in [6.45, 7) is 0. The lowest BCUT2D eigenvalue weighted by molar-refractivity contribution is 0.102. The highest BCUT2D eigenvalue weighted by molar-refractivity contribution is 6.03. The first-order valence-electron chi connectivity index (χ1n) is 8.74. The number of nitrogens with one attached hydrogen (secondary N) is 2. The molecule has 6 nitrogen and oxygen atoms in total. The highest BCUT2D eigenvalue weighted by Crippen LogP contribution is 2.24. The number of aromatic nitrogens is 3. The fourth-order valence-corrected chi connectivity index (χ4v) is 2.71. The quantitative estimate of drug-likeness (QED) is 0.541. The van der Waals surface area contributed by atoms with Crippen molar-refractivity contribution in [3.8, 4) is 11.1 Å². The van der Waals surface area contributed by atoms with E-state index in [2.05, 4.69) is 25.6 Å². The molecule has 0 atom stereocenters. The van der Waals surface area contributed by atoms with Crippen LogP contribution in [0.2, 0.25) is 0 Å². The van der Waals surface area contributed by atoms with Crippen LogP contribution in [0.3, 0.4) is 0 Å². The summed E-state index contributed by atoms with van der Waals surface area (Å²) in [5, 5.41) is 6.08. The van der Waals surface area contributed by atoms with Gasteiger partial charge in [-0.15, -0.1) is 0 Å². The van der Waals surface area contributed by atoms with Crippen molar-refractivity contribution in [1.29, 1.82) is 0 Å². The van der Waals surface area contributed by atoms with Crippen LogP contribution in [0.4, 0.5) is 17.3 Å². The molecule has 3 aromatic heterocycles. The van der Waals surface area contributed by atoms with Crippen molar-refractivity contribution in [3.63, 3.8) is 0 Å². The Morgan fingerprint density at radius 1 is 0.750 bits per heavy atom. The first kappa shape index (κ1) is 17.4. The van der Waals surface area contributed by atoms with Gasteiger partial charge in [-0.2, -0.15) is 0 Å². The summed E-state index contributed by atoms with van der Waals surface area (Å²) >= 11 is 0. The van der Waals surface area contributed by atoms with Gasteiger partial charge >= 0.3 is 0 Å². The number of para-hydroxylation sites is 1. The Kier molecular flexibility index (Phi) is 5.02. The number of hydrogen-bond acceptors (Lipinski definition) is 5. The van der Waals surface area contributed by atoms with E-state index in [-0.39, 0.29) is 5.91 Å². The first-order valence-corrected chi connectivity index (χ1v) is 8.74. The standard InChI is InChI=1S/C22H17N5O/c28-22(18-5-4-10-23-15-18)27-21-14-17(9-12-25-21)16-8-11-24-20(13-16)26-19-6-2-1-3-7-19/h1-15H,(H,24,26)(H,25,27,28). The van der Waals surface area contributed by atoms with Crippen LogP contribution in [0.1, 0.15) is 10.4 Å². The Bertz CT molecular complexity index is 1080. The van der Waals surface area contributed by atoms with Crippen LogP contribution in [0, 0.1) is 0 Å². The molecule has 0 saturated carbocycles. The molecular formula is C22H17N5O. The normalized spacial score (nSPS) is 10.3. The Hall–Kier alpha value is -4.06. The van der Waals surface area contributed by atoms with E-state index < -0.39 is 0 Å². The van der Waals surface area contributed by atoms with Crippen LogP contribution >= 0.6 is 0 Å². The van der Waals surface area contributed by atoms with Gasteiger partial charge in [0.15, 0.2) is 0 Å². The fraction of sp³-hybridized carbons (Fsp3) is 0. The molecule has 6 heteroatoms. The third-order valence-corrected chi connectivity index (χ3v) is 4.06. The molecule has 3 heterocycles. The largest absolute Gasteiger partial charge is 0.340 e. The summed E-state index contributed by atoms with van der Waals surface area (Å²) in [6, 6.07) is 20.9. The van der Waals surface area contributed by atoms with Crippen molar-refractivity contribution in [2.24, 2.45) is 0 Å². The van der Waals surface area contributed by atoms with Crippen LogP contribution in [-0.4, -0.2) is 20.9 Å². The summed E-state index contributed by atoms with van der Waals surface area (Å²) < 4.78 is 0. The van der Waals surface area contributed by atoms with Crippen LogP contribution < -0.4 is 10.6 Å². The number of hydrogen-bond donors (Lipinski definition) is 2. The Balaban J connectivity index is 1.54.